The molecule has 0 radical (unpaired) electrons. The average Bonchev–Trinajstić information content (AvgIpc) is 2.98. The number of hydrogen-bond acceptors (Lipinski definition) is 4. The maximum Gasteiger partial charge on any atom is 0.267 e. The molecule has 3 aromatic rings. The van der Waals surface area contributed by atoms with Crippen LogP contribution in [0, 0.1) is 0 Å². The maximum absolute atomic E-state index is 12.0. The number of carbonyl (C=O) groups excluding carboxylic acids is 1. The summed E-state index contributed by atoms with van der Waals surface area (Å²) in [6.45, 7) is 0.224. The molecule has 102 valence electrons. The number of anilines is 2. The van der Waals surface area contributed by atoms with Gasteiger partial charge in [-0.25, -0.2) is 14.1 Å². The van der Waals surface area contributed by atoms with Gasteiger partial charge in [-0.1, -0.05) is 0 Å². The Balaban J connectivity index is 1.80. The summed E-state index contributed by atoms with van der Waals surface area (Å²) in [7, 11) is 1.90. The zero-order valence-electron chi connectivity index (χ0n) is 10.9. The third kappa shape index (κ3) is 2.18. The molecule has 0 aliphatic carbocycles. The molecular weight excluding hydrogens is 258 g/mol. The van der Waals surface area contributed by atoms with Gasteiger partial charge in [0, 0.05) is 6.20 Å². The van der Waals surface area contributed by atoms with E-state index in [2.05, 4.69) is 15.4 Å². The lowest BCUT2D eigenvalue weighted by Gasteiger charge is -2.05. The number of rotatable bonds is 3. The summed E-state index contributed by atoms with van der Waals surface area (Å²) >= 11 is 0. The molecule has 0 spiro atoms. The van der Waals surface area contributed by atoms with Crippen molar-refractivity contribution in [3.8, 4) is 0 Å². The number of aromatic nitrogens is 5. The van der Waals surface area contributed by atoms with Crippen LogP contribution in [0.1, 0.15) is 0 Å². The summed E-state index contributed by atoms with van der Waals surface area (Å²) in [6.07, 6.45) is 8.61. The number of amides is 1. The Bertz CT molecular complexity index is 773. The van der Waals surface area contributed by atoms with E-state index in [4.69, 9.17) is 5.73 Å². The van der Waals surface area contributed by atoms with Crippen LogP contribution >= 0.6 is 0 Å². The minimum atomic E-state index is -0.150. The van der Waals surface area contributed by atoms with E-state index in [9.17, 15) is 4.79 Å². The van der Waals surface area contributed by atoms with Crippen molar-refractivity contribution in [3.63, 3.8) is 0 Å². The monoisotopic (exact) mass is 272 g/mol. The van der Waals surface area contributed by atoms with Crippen LogP contribution in [0.15, 0.2) is 37.2 Å². The largest absolute Gasteiger partial charge is 0.394 e. The average molecular weight is 272 g/mol. The third-order valence-corrected chi connectivity index (χ3v) is 2.85. The third-order valence-electron chi connectivity index (χ3n) is 2.85. The fraction of sp³-hybridized carbons (Fsp3) is 0.167. The van der Waals surface area contributed by atoms with Gasteiger partial charge in [0.05, 0.1) is 18.9 Å². The van der Waals surface area contributed by atoms with E-state index in [-0.39, 0.29) is 12.5 Å². The van der Waals surface area contributed by atoms with Crippen LogP contribution in [-0.2, 0) is 18.4 Å². The Labute approximate surface area is 114 Å². The first-order chi connectivity index (χ1) is 9.63. The molecule has 3 N–H and O–H groups in total. The molecule has 0 bridgehead atoms. The highest BCUT2D eigenvalue weighted by molar-refractivity contribution is 5.90. The minimum Gasteiger partial charge on any atom is -0.394 e. The topological polar surface area (TPSA) is 94.1 Å². The molecule has 0 saturated carbocycles. The van der Waals surface area contributed by atoms with E-state index in [0.717, 1.165) is 0 Å². The van der Waals surface area contributed by atoms with Crippen LogP contribution in [0.4, 0.5) is 11.5 Å². The lowest BCUT2D eigenvalue weighted by molar-refractivity contribution is -0.671. The number of carbonyl (C=O) groups is 1. The van der Waals surface area contributed by atoms with Gasteiger partial charge in [0.25, 0.3) is 5.91 Å². The van der Waals surface area contributed by atoms with Gasteiger partial charge in [0.1, 0.15) is 18.2 Å². The first-order valence-electron chi connectivity index (χ1n) is 6.02. The summed E-state index contributed by atoms with van der Waals surface area (Å²) in [5, 5.41) is 6.88. The minimum absolute atomic E-state index is 0.150. The summed E-state index contributed by atoms with van der Waals surface area (Å²) in [5.74, 6) is 0.385. The predicted octanol–water partition coefficient (Wildman–Crippen LogP) is -0.424. The molecule has 0 fully saturated rings. The summed E-state index contributed by atoms with van der Waals surface area (Å²) in [6, 6.07) is 1.67. The number of aryl methyl sites for hydroxylation is 1. The first kappa shape index (κ1) is 12.2. The molecule has 0 saturated heterocycles. The Kier molecular flexibility index (Phi) is 2.82. The molecule has 3 heterocycles. The van der Waals surface area contributed by atoms with E-state index in [1.165, 1.54) is 10.7 Å². The van der Waals surface area contributed by atoms with Gasteiger partial charge >= 0.3 is 0 Å². The highest BCUT2D eigenvalue weighted by atomic mass is 16.2. The number of hydrogen-bond donors (Lipinski definition) is 2. The quantitative estimate of drug-likeness (QED) is 0.633. The SMILES string of the molecule is C[n+]1ccn(CC(=O)Nc2ccnc3c(N)cnn23)c1. The van der Waals surface area contributed by atoms with Crippen molar-refractivity contribution >= 4 is 23.1 Å². The lowest BCUT2D eigenvalue weighted by Crippen LogP contribution is -2.25. The van der Waals surface area contributed by atoms with E-state index < -0.39 is 0 Å². The van der Waals surface area contributed by atoms with Crippen LogP contribution in [0.5, 0.6) is 0 Å². The van der Waals surface area contributed by atoms with Crippen LogP contribution in [0.2, 0.25) is 0 Å². The molecule has 1 amide bonds. The van der Waals surface area contributed by atoms with E-state index in [0.29, 0.717) is 17.2 Å². The van der Waals surface area contributed by atoms with Crippen molar-refractivity contribution in [1.82, 2.24) is 19.2 Å². The fourth-order valence-electron chi connectivity index (χ4n) is 1.95. The second-order valence-corrected chi connectivity index (χ2v) is 4.46. The second kappa shape index (κ2) is 4.65. The Morgan fingerprint density at radius 1 is 1.55 bits per heavy atom. The zero-order valence-corrected chi connectivity index (χ0v) is 10.9. The molecule has 3 aromatic heterocycles. The van der Waals surface area contributed by atoms with Crippen molar-refractivity contribution in [1.29, 1.82) is 0 Å². The van der Waals surface area contributed by atoms with Crippen LogP contribution in [0.25, 0.3) is 5.65 Å². The maximum atomic E-state index is 12.0. The molecule has 0 atom stereocenters. The van der Waals surface area contributed by atoms with Crippen LogP contribution < -0.4 is 15.6 Å². The molecule has 8 heteroatoms. The van der Waals surface area contributed by atoms with Crippen molar-refractivity contribution < 1.29 is 9.36 Å². The Morgan fingerprint density at radius 3 is 3.15 bits per heavy atom. The van der Waals surface area contributed by atoms with E-state index in [1.807, 2.05) is 30.3 Å². The number of nitrogens with one attached hydrogen (secondary N) is 1. The van der Waals surface area contributed by atoms with Gasteiger partial charge in [-0.05, 0) is 6.07 Å². The highest BCUT2D eigenvalue weighted by Crippen LogP contribution is 2.14. The number of nitrogens with zero attached hydrogens (tertiary/aromatic N) is 5. The van der Waals surface area contributed by atoms with Gasteiger partial charge in [-0.15, -0.1) is 0 Å². The normalized spacial score (nSPS) is 10.8. The van der Waals surface area contributed by atoms with Gasteiger partial charge in [-0.2, -0.15) is 9.61 Å². The molecule has 0 aromatic carbocycles. The second-order valence-electron chi connectivity index (χ2n) is 4.46. The van der Waals surface area contributed by atoms with E-state index >= 15 is 0 Å². The summed E-state index contributed by atoms with van der Waals surface area (Å²) in [4.78, 5) is 16.1. The van der Waals surface area contributed by atoms with Crippen molar-refractivity contribution in [2.45, 2.75) is 6.54 Å². The van der Waals surface area contributed by atoms with Crippen molar-refractivity contribution in [2.24, 2.45) is 7.05 Å². The highest BCUT2D eigenvalue weighted by Gasteiger charge is 2.11. The number of nitrogens with two attached hydrogens (primary N) is 1. The van der Waals surface area contributed by atoms with Gasteiger partial charge < -0.3 is 11.1 Å². The first-order valence-corrected chi connectivity index (χ1v) is 6.02. The molecule has 0 unspecified atom stereocenters. The standard InChI is InChI=1S/C12H13N7O/c1-17-4-5-18(8-17)7-11(20)16-10-2-3-14-12-9(13)6-15-19(10)12/h2-6,8H,7,13H2,1H3/p+1. The van der Waals surface area contributed by atoms with Gasteiger partial charge in [-0.3, -0.25) is 4.79 Å². The van der Waals surface area contributed by atoms with Gasteiger partial charge in [0.15, 0.2) is 12.2 Å². The zero-order chi connectivity index (χ0) is 14.1. The number of nitrogen functional groups attached to an aromatic ring is 1. The lowest BCUT2D eigenvalue weighted by atomic mass is 10.5. The Hall–Kier alpha value is -2.90. The Morgan fingerprint density at radius 2 is 2.40 bits per heavy atom. The summed E-state index contributed by atoms with van der Waals surface area (Å²) in [5.41, 5.74) is 6.73. The van der Waals surface area contributed by atoms with Crippen LogP contribution in [-0.4, -0.2) is 25.1 Å². The molecule has 0 aliphatic heterocycles. The number of fused-ring (bicyclic) bond motifs is 1. The van der Waals surface area contributed by atoms with E-state index in [1.54, 1.807) is 16.8 Å². The smallest absolute Gasteiger partial charge is 0.267 e. The van der Waals surface area contributed by atoms with Crippen molar-refractivity contribution in [3.05, 3.63) is 37.2 Å². The molecule has 3 rings (SSSR count). The van der Waals surface area contributed by atoms with Crippen LogP contribution in [0.3, 0.4) is 0 Å². The number of imidazole rings is 1. The van der Waals surface area contributed by atoms with Gasteiger partial charge in [0.2, 0.25) is 6.33 Å². The predicted molar refractivity (Wildman–Crippen MR) is 71.6 cm³/mol. The molecule has 0 aliphatic rings. The molecule has 20 heavy (non-hydrogen) atoms. The molecule has 8 nitrogen and oxygen atoms in total. The fourth-order valence-corrected chi connectivity index (χ4v) is 1.95. The molecular formula is C12H14N7O+. The summed E-state index contributed by atoms with van der Waals surface area (Å²) < 4.78 is 5.15. The van der Waals surface area contributed by atoms with Crippen molar-refractivity contribution in [2.75, 3.05) is 11.1 Å².